The molecule has 5 heterocycles. The third-order valence-electron chi connectivity index (χ3n) is 9.29. The standard InChI is InChI=1S/C40H26N3S/c1-4-12-35-30(9-1)32-22-27(14-16-36(32)43(35)29-15-17-38-33(24-29)40-39(44-38)13-6-19-41-40)25-7-5-8-26(21-25)28-18-20-42-34-11-3-2-10-31(34)37(42)23-28/h1,4-24H,2-3H2/q+1. The SMILES string of the molecule is C1=C2C(=CCC1)[n+]1ccc(-c3cccc(-c4ccc5c(c4)c4ccccc4n5-c4ccc5sc6cccnc6c5c4)c3)cc12. The first-order valence-corrected chi connectivity index (χ1v) is 16.0. The van der Waals surface area contributed by atoms with Crippen molar-refractivity contribution < 1.29 is 4.57 Å². The van der Waals surface area contributed by atoms with Gasteiger partial charge in [0.1, 0.15) is 5.57 Å². The Morgan fingerprint density at radius 3 is 2.41 bits per heavy atom. The number of aromatic nitrogens is 3. The minimum atomic E-state index is 1.08. The zero-order valence-electron chi connectivity index (χ0n) is 23.9. The van der Waals surface area contributed by atoms with Gasteiger partial charge in [0.15, 0.2) is 6.20 Å². The summed E-state index contributed by atoms with van der Waals surface area (Å²) in [6.45, 7) is 0. The highest BCUT2D eigenvalue weighted by Gasteiger charge is 2.37. The Labute approximate surface area is 258 Å². The predicted octanol–water partition coefficient (Wildman–Crippen LogP) is 10.2. The Morgan fingerprint density at radius 1 is 0.614 bits per heavy atom. The van der Waals surface area contributed by atoms with Crippen LogP contribution in [0.25, 0.3) is 81.3 Å². The van der Waals surface area contributed by atoms with Crippen LogP contribution in [0.4, 0.5) is 0 Å². The van der Waals surface area contributed by atoms with E-state index in [9.17, 15) is 0 Å². The lowest BCUT2D eigenvalue weighted by molar-refractivity contribution is -0.597. The molecule has 4 heteroatoms. The van der Waals surface area contributed by atoms with Gasteiger partial charge in [-0.05, 0) is 95.8 Å². The molecule has 0 amide bonds. The molecule has 0 saturated heterocycles. The van der Waals surface area contributed by atoms with Crippen LogP contribution >= 0.6 is 11.3 Å². The lowest BCUT2D eigenvalue weighted by Gasteiger charge is -2.21. The van der Waals surface area contributed by atoms with E-state index in [-0.39, 0.29) is 0 Å². The average Bonchev–Trinajstić information content (AvgIpc) is 3.62. The van der Waals surface area contributed by atoms with Crippen molar-refractivity contribution in [1.82, 2.24) is 9.55 Å². The Kier molecular flexibility index (Phi) is 4.99. The van der Waals surface area contributed by atoms with Gasteiger partial charge in [0.25, 0.3) is 0 Å². The summed E-state index contributed by atoms with van der Waals surface area (Å²) in [6, 6.07) is 40.2. The lowest BCUT2D eigenvalue weighted by atomic mass is 9.90. The minimum Gasteiger partial charge on any atom is -0.309 e. The number of thiophene rings is 1. The topological polar surface area (TPSA) is 21.7 Å². The number of nitrogens with zero attached hydrogens (tertiary/aromatic N) is 3. The molecule has 4 aromatic heterocycles. The highest BCUT2D eigenvalue weighted by molar-refractivity contribution is 7.25. The number of pyridine rings is 2. The minimum absolute atomic E-state index is 1.08. The van der Waals surface area contributed by atoms with Crippen LogP contribution in [-0.2, 0) is 0 Å². The summed E-state index contributed by atoms with van der Waals surface area (Å²) in [4.78, 5) is 4.72. The van der Waals surface area contributed by atoms with Gasteiger partial charge in [-0.15, -0.1) is 11.3 Å². The second kappa shape index (κ2) is 9.09. The van der Waals surface area contributed by atoms with Crippen molar-refractivity contribution in [1.29, 1.82) is 0 Å². The van der Waals surface area contributed by atoms with Crippen molar-refractivity contribution in [3.63, 3.8) is 0 Å². The molecule has 4 aromatic carbocycles. The largest absolute Gasteiger partial charge is 0.309 e. The molecule has 0 bridgehead atoms. The van der Waals surface area contributed by atoms with E-state index < -0.39 is 0 Å². The number of benzene rings is 4. The first-order chi connectivity index (χ1) is 21.8. The summed E-state index contributed by atoms with van der Waals surface area (Å²) < 4.78 is 7.21. The van der Waals surface area contributed by atoms with Crippen LogP contribution in [0.3, 0.4) is 0 Å². The van der Waals surface area contributed by atoms with E-state index in [2.05, 4.69) is 131 Å². The summed E-state index contributed by atoms with van der Waals surface area (Å²) >= 11 is 1.81. The Bertz CT molecular complexity index is 2560. The number of fused-ring (bicyclic) bond motifs is 10. The van der Waals surface area contributed by atoms with Gasteiger partial charge in [-0.1, -0.05) is 48.5 Å². The van der Waals surface area contributed by atoms with Crippen molar-refractivity contribution >= 4 is 64.7 Å². The van der Waals surface area contributed by atoms with Crippen LogP contribution in [0.1, 0.15) is 18.5 Å². The molecule has 10 rings (SSSR count). The molecule has 0 spiro atoms. The molecule has 44 heavy (non-hydrogen) atoms. The molecule has 0 saturated carbocycles. The van der Waals surface area contributed by atoms with Crippen molar-refractivity contribution in [3.8, 4) is 27.9 Å². The first kappa shape index (κ1) is 24.2. The van der Waals surface area contributed by atoms with Gasteiger partial charge in [0.2, 0.25) is 11.4 Å². The number of hydrogen-bond acceptors (Lipinski definition) is 2. The number of allylic oxidation sites excluding steroid dienone is 4. The fraction of sp³-hybridized carbons (Fsp3) is 0.0500. The van der Waals surface area contributed by atoms with E-state index in [1.807, 2.05) is 12.3 Å². The van der Waals surface area contributed by atoms with E-state index in [4.69, 9.17) is 4.98 Å². The fourth-order valence-corrected chi connectivity index (χ4v) is 8.25. The highest BCUT2D eigenvalue weighted by atomic mass is 32.1. The van der Waals surface area contributed by atoms with E-state index in [1.54, 1.807) is 11.3 Å². The fourth-order valence-electron chi connectivity index (χ4n) is 7.20. The van der Waals surface area contributed by atoms with Crippen LogP contribution in [0.2, 0.25) is 0 Å². The molecule has 8 aromatic rings. The van der Waals surface area contributed by atoms with Gasteiger partial charge in [-0.2, -0.15) is 4.57 Å². The average molecular weight is 581 g/mol. The van der Waals surface area contributed by atoms with Crippen LogP contribution in [-0.4, -0.2) is 9.55 Å². The van der Waals surface area contributed by atoms with Crippen LogP contribution in [0, 0.1) is 0 Å². The number of rotatable bonds is 3. The van der Waals surface area contributed by atoms with Crippen LogP contribution in [0.15, 0.2) is 134 Å². The normalized spacial score (nSPS) is 14.0. The lowest BCUT2D eigenvalue weighted by Crippen LogP contribution is -2.46. The van der Waals surface area contributed by atoms with Crippen LogP contribution in [0.5, 0.6) is 0 Å². The molecular formula is C40H26N3S+. The second-order valence-electron chi connectivity index (χ2n) is 11.8. The first-order valence-electron chi connectivity index (χ1n) is 15.2. The van der Waals surface area contributed by atoms with E-state index in [0.29, 0.717) is 0 Å². The monoisotopic (exact) mass is 580 g/mol. The third-order valence-corrected chi connectivity index (χ3v) is 10.4. The molecule has 3 nitrogen and oxygen atoms in total. The van der Waals surface area contributed by atoms with E-state index in [1.165, 1.54) is 75.8 Å². The van der Waals surface area contributed by atoms with Gasteiger partial charge >= 0.3 is 0 Å². The Hall–Kier alpha value is -5.32. The molecule has 0 fully saturated rings. The summed E-state index contributed by atoms with van der Waals surface area (Å²) in [6.07, 6.45) is 11.1. The van der Waals surface area contributed by atoms with Crippen molar-refractivity contribution in [2.75, 3.05) is 0 Å². The second-order valence-corrected chi connectivity index (χ2v) is 12.8. The van der Waals surface area contributed by atoms with Gasteiger partial charge in [0.05, 0.1) is 21.3 Å². The van der Waals surface area contributed by atoms with Crippen molar-refractivity contribution in [2.24, 2.45) is 0 Å². The smallest absolute Gasteiger partial charge is 0.225 e. The quantitative estimate of drug-likeness (QED) is 0.191. The zero-order valence-corrected chi connectivity index (χ0v) is 24.7. The molecule has 1 aliphatic carbocycles. The molecular weight excluding hydrogens is 555 g/mol. The summed E-state index contributed by atoms with van der Waals surface area (Å²) in [5.41, 5.74) is 13.7. The Balaban J connectivity index is 1.10. The molecule has 0 radical (unpaired) electrons. The van der Waals surface area contributed by atoms with Gasteiger partial charge in [-0.3, -0.25) is 4.98 Å². The Morgan fingerprint density at radius 2 is 1.45 bits per heavy atom. The summed E-state index contributed by atoms with van der Waals surface area (Å²) in [7, 11) is 0. The molecule has 0 N–H and O–H groups in total. The highest BCUT2D eigenvalue weighted by Crippen LogP contribution is 2.40. The maximum absolute atomic E-state index is 4.72. The van der Waals surface area contributed by atoms with Gasteiger partial charge in [0, 0.05) is 44.9 Å². The maximum Gasteiger partial charge on any atom is 0.225 e. The molecule has 206 valence electrons. The van der Waals surface area contributed by atoms with Gasteiger partial charge < -0.3 is 4.57 Å². The third kappa shape index (κ3) is 3.43. The maximum atomic E-state index is 4.72. The van der Waals surface area contributed by atoms with Crippen LogP contribution < -0.4 is 4.57 Å². The molecule has 0 unspecified atom stereocenters. The molecule has 2 aliphatic rings. The predicted molar refractivity (Wildman–Crippen MR) is 184 cm³/mol. The van der Waals surface area contributed by atoms with E-state index >= 15 is 0 Å². The number of para-hydroxylation sites is 1. The zero-order chi connectivity index (χ0) is 28.8. The molecule has 0 atom stereocenters. The molecule has 1 aliphatic heterocycles. The number of hydrogen-bond donors (Lipinski definition) is 0. The summed E-state index contributed by atoms with van der Waals surface area (Å²) in [5, 5.41) is 3.74. The van der Waals surface area contributed by atoms with Crippen molar-refractivity contribution in [3.05, 3.63) is 139 Å². The summed E-state index contributed by atoms with van der Waals surface area (Å²) in [5.74, 6) is 0. The van der Waals surface area contributed by atoms with E-state index in [0.717, 1.165) is 24.0 Å². The van der Waals surface area contributed by atoms with Gasteiger partial charge in [-0.25, -0.2) is 0 Å². The van der Waals surface area contributed by atoms with Crippen molar-refractivity contribution in [2.45, 2.75) is 12.8 Å².